The number of nitrogens with one attached hydrogen (secondary N) is 3. The first kappa shape index (κ1) is 14.9. The molecule has 0 heterocycles. The van der Waals surface area contributed by atoms with Crippen LogP contribution in [0.1, 0.15) is 26.7 Å². The van der Waals surface area contributed by atoms with E-state index in [-0.39, 0.29) is 11.4 Å². The second-order valence-corrected chi connectivity index (χ2v) is 4.80. The lowest BCUT2D eigenvalue weighted by Crippen LogP contribution is -2.43. The number of hydroxylamine groups is 1. The van der Waals surface area contributed by atoms with Gasteiger partial charge in [0, 0.05) is 12.6 Å². The molecule has 1 aromatic carbocycles. The van der Waals surface area contributed by atoms with Crippen molar-refractivity contribution in [1.29, 1.82) is 0 Å². The van der Waals surface area contributed by atoms with Crippen molar-refractivity contribution in [3.8, 4) is 0 Å². The molecular formula is C13H22FN3O. The second kappa shape index (κ2) is 7.31. The molecule has 1 rings (SSSR count). The van der Waals surface area contributed by atoms with Gasteiger partial charge in [-0.1, -0.05) is 6.07 Å². The molecule has 0 aliphatic carbocycles. The van der Waals surface area contributed by atoms with Crippen molar-refractivity contribution >= 4 is 5.69 Å². The van der Waals surface area contributed by atoms with Crippen LogP contribution in [0.2, 0.25) is 0 Å². The van der Waals surface area contributed by atoms with Gasteiger partial charge >= 0.3 is 0 Å². The molecule has 5 heteroatoms. The van der Waals surface area contributed by atoms with Crippen LogP contribution in [-0.4, -0.2) is 19.2 Å². The molecule has 0 aromatic heterocycles. The molecule has 18 heavy (non-hydrogen) atoms. The first-order valence-corrected chi connectivity index (χ1v) is 6.11. The number of anilines is 1. The standard InChI is InChI=1S/C13H22FN3O/c1-13(2,8-5-9-18-15-3)17-16-12-7-4-6-11(14)10-12/h4,6-7,10,15-17H,5,8-9H2,1-3H3. The van der Waals surface area contributed by atoms with Crippen LogP contribution in [0, 0.1) is 5.82 Å². The first-order valence-electron chi connectivity index (χ1n) is 6.11. The minimum absolute atomic E-state index is 0.0938. The summed E-state index contributed by atoms with van der Waals surface area (Å²) in [6.07, 6.45) is 1.88. The summed E-state index contributed by atoms with van der Waals surface area (Å²) in [5.74, 6) is -0.248. The van der Waals surface area contributed by atoms with Gasteiger partial charge < -0.3 is 10.3 Å². The Kier molecular flexibility index (Phi) is 6.04. The van der Waals surface area contributed by atoms with E-state index in [0.29, 0.717) is 6.61 Å². The summed E-state index contributed by atoms with van der Waals surface area (Å²) < 4.78 is 13.0. The summed E-state index contributed by atoms with van der Waals surface area (Å²) in [6, 6.07) is 6.36. The fraction of sp³-hybridized carbons (Fsp3) is 0.538. The molecule has 0 spiro atoms. The molecule has 0 aliphatic heterocycles. The highest BCUT2D eigenvalue weighted by atomic mass is 19.1. The molecule has 0 fully saturated rings. The minimum atomic E-state index is -0.248. The van der Waals surface area contributed by atoms with E-state index in [1.165, 1.54) is 12.1 Å². The van der Waals surface area contributed by atoms with Gasteiger partial charge in [0.25, 0.3) is 0 Å². The summed E-state index contributed by atoms with van der Waals surface area (Å²) in [7, 11) is 1.74. The molecule has 0 amide bonds. The minimum Gasteiger partial charge on any atom is -0.321 e. The van der Waals surface area contributed by atoms with Crippen LogP contribution in [0.15, 0.2) is 24.3 Å². The summed E-state index contributed by atoms with van der Waals surface area (Å²) in [5.41, 5.74) is 9.47. The number of hydrogen-bond donors (Lipinski definition) is 3. The largest absolute Gasteiger partial charge is 0.321 e. The lowest BCUT2D eigenvalue weighted by Gasteiger charge is -2.27. The van der Waals surface area contributed by atoms with Crippen molar-refractivity contribution < 1.29 is 9.23 Å². The third-order valence-electron chi connectivity index (χ3n) is 2.56. The Bertz CT molecular complexity index is 358. The molecule has 0 bridgehead atoms. The number of hydrazine groups is 1. The van der Waals surface area contributed by atoms with Crippen LogP contribution >= 0.6 is 0 Å². The molecule has 4 nitrogen and oxygen atoms in total. The summed E-state index contributed by atoms with van der Waals surface area (Å²) in [6.45, 7) is 4.83. The summed E-state index contributed by atoms with van der Waals surface area (Å²) in [4.78, 5) is 5.06. The Morgan fingerprint density at radius 2 is 2.11 bits per heavy atom. The molecule has 0 unspecified atom stereocenters. The van der Waals surface area contributed by atoms with Crippen molar-refractivity contribution in [2.75, 3.05) is 19.1 Å². The molecule has 0 saturated carbocycles. The Balaban J connectivity index is 2.32. The molecular weight excluding hydrogens is 233 g/mol. The molecule has 0 saturated heterocycles. The van der Waals surface area contributed by atoms with E-state index in [9.17, 15) is 4.39 Å². The number of halogens is 1. The van der Waals surface area contributed by atoms with E-state index >= 15 is 0 Å². The average Bonchev–Trinajstić information content (AvgIpc) is 2.33. The molecule has 102 valence electrons. The highest BCUT2D eigenvalue weighted by molar-refractivity contribution is 5.42. The van der Waals surface area contributed by atoms with Crippen LogP contribution in [0.4, 0.5) is 10.1 Å². The van der Waals surface area contributed by atoms with Crippen molar-refractivity contribution in [2.24, 2.45) is 0 Å². The molecule has 3 N–H and O–H groups in total. The van der Waals surface area contributed by atoms with Gasteiger partial charge in [0.15, 0.2) is 0 Å². The third kappa shape index (κ3) is 5.95. The van der Waals surface area contributed by atoms with Crippen molar-refractivity contribution in [3.05, 3.63) is 30.1 Å². The highest BCUT2D eigenvalue weighted by Crippen LogP contribution is 2.13. The van der Waals surface area contributed by atoms with Gasteiger partial charge in [0.2, 0.25) is 0 Å². The van der Waals surface area contributed by atoms with Gasteiger partial charge in [-0.2, -0.15) is 0 Å². The van der Waals surface area contributed by atoms with Gasteiger partial charge in [-0.3, -0.25) is 0 Å². The van der Waals surface area contributed by atoms with E-state index in [1.54, 1.807) is 13.1 Å². The van der Waals surface area contributed by atoms with E-state index in [1.807, 2.05) is 6.07 Å². The van der Waals surface area contributed by atoms with Crippen LogP contribution in [0.25, 0.3) is 0 Å². The Morgan fingerprint density at radius 1 is 1.33 bits per heavy atom. The summed E-state index contributed by atoms with van der Waals surface area (Å²) >= 11 is 0. The van der Waals surface area contributed by atoms with E-state index in [4.69, 9.17) is 4.84 Å². The number of hydrogen-bond acceptors (Lipinski definition) is 4. The zero-order valence-electron chi connectivity index (χ0n) is 11.2. The zero-order valence-corrected chi connectivity index (χ0v) is 11.2. The Labute approximate surface area is 108 Å². The van der Waals surface area contributed by atoms with Crippen LogP contribution < -0.4 is 16.3 Å². The summed E-state index contributed by atoms with van der Waals surface area (Å²) in [5, 5.41) is 0. The van der Waals surface area contributed by atoms with Gasteiger partial charge in [0.05, 0.1) is 12.3 Å². The molecule has 0 aliphatic rings. The predicted octanol–water partition coefficient (Wildman–Crippen LogP) is 2.45. The highest BCUT2D eigenvalue weighted by Gasteiger charge is 2.16. The van der Waals surface area contributed by atoms with Gasteiger partial charge in [-0.15, -0.1) is 0 Å². The van der Waals surface area contributed by atoms with E-state index in [2.05, 4.69) is 30.2 Å². The lowest BCUT2D eigenvalue weighted by molar-refractivity contribution is 0.0522. The maximum absolute atomic E-state index is 13.0. The second-order valence-electron chi connectivity index (χ2n) is 4.80. The van der Waals surface area contributed by atoms with Crippen molar-refractivity contribution in [3.63, 3.8) is 0 Å². The van der Waals surface area contributed by atoms with Gasteiger partial charge in [0.1, 0.15) is 5.82 Å². The number of benzene rings is 1. The average molecular weight is 255 g/mol. The monoisotopic (exact) mass is 255 g/mol. The van der Waals surface area contributed by atoms with Gasteiger partial charge in [-0.25, -0.2) is 15.3 Å². The Hall–Kier alpha value is -1.17. The third-order valence-corrected chi connectivity index (χ3v) is 2.56. The quantitative estimate of drug-likeness (QED) is 0.493. The zero-order chi connectivity index (χ0) is 13.4. The maximum atomic E-state index is 13.0. The SMILES string of the molecule is CNOCCCC(C)(C)NNc1cccc(F)c1. The van der Waals surface area contributed by atoms with Crippen LogP contribution in [0.3, 0.4) is 0 Å². The van der Waals surface area contributed by atoms with Crippen molar-refractivity contribution in [2.45, 2.75) is 32.2 Å². The Morgan fingerprint density at radius 3 is 2.78 bits per heavy atom. The van der Waals surface area contributed by atoms with E-state index in [0.717, 1.165) is 18.5 Å². The lowest BCUT2D eigenvalue weighted by atomic mass is 10.00. The topological polar surface area (TPSA) is 45.3 Å². The molecule has 0 radical (unpaired) electrons. The predicted molar refractivity (Wildman–Crippen MR) is 71.5 cm³/mol. The first-order chi connectivity index (χ1) is 8.53. The maximum Gasteiger partial charge on any atom is 0.125 e. The fourth-order valence-corrected chi connectivity index (χ4v) is 1.56. The molecule has 0 atom stereocenters. The van der Waals surface area contributed by atoms with Gasteiger partial charge in [-0.05, 0) is 44.9 Å². The van der Waals surface area contributed by atoms with Crippen molar-refractivity contribution in [1.82, 2.24) is 10.9 Å². The fourth-order valence-electron chi connectivity index (χ4n) is 1.56. The number of rotatable bonds is 8. The van der Waals surface area contributed by atoms with E-state index < -0.39 is 0 Å². The normalized spacial score (nSPS) is 11.6. The van der Waals surface area contributed by atoms with Crippen LogP contribution in [0.5, 0.6) is 0 Å². The van der Waals surface area contributed by atoms with Crippen LogP contribution in [-0.2, 0) is 4.84 Å². The smallest absolute Gasteiger partial charge is 0.125 e. The molecule has 1 aromatic rings.